The van der Waals surface area contributed by atoms with Crippen LogP contribution in [-0.4, -0.2) is 29.3 Å². The van der Waals surface area contributed by atoms with E-state index in [4.69, 9.17) is 16.3 Å². The van der Waals surface area contributed by atoms with Crippen LogP contribution in [0, 0.1) is 5.92 Å². The molecule has 0 saturated heterocycles. The predicted molar refractivity (Wildman–Crippen MR) is 89.8 cm³/mol. The molecule has 5 nitrogen and oxygen atoms in total. The van der Waals surface area contributed by atoms with Gasteiger partial charge in [-0.25, -0.2) is 4.79 Å². The number of carbonyl (C=O) groups excluding carboxylic acids is 1. The zero-order valence-electron chi connectivity index (χ0n) is 13.9. The van der Waals surface area contributed by atoms with Gasteiger partial charge in [-0.3, -0.25) is 4.79 Å². The van der Waals surface area contributed by atoms with Gasteiger partial charge in [0.1, 0.15) is 5.60 Å². The average Bonchev–Trinajstić information content (AvgIpc) is 2.41. The van der Waals surface area contributed by atoms with Crippen LogP contribution in [0.1, 0.15) is 45.6 Å². The highest BCUT2D eigenvalue weighted by atomic mass is 35.5. The molecule has 0 spiro atoms. The molecule has 23 heavy (non-hydrogen) atoms. The quantitative estimate of drug-likeness (QED) is 0.818. The van der Waals surface area contributed by atoms with Gasteiger partial charge in [0.2, 0.25) is 0 Å². The first-order chi connectivity index (χ1) is 10.6. The number of carboxylic acids is 1. The minimum atomic E-state index is -0.965. The average molecular weight is 342 g/mol. The van der Waals surface area contributed by atoms with E-state index >= 15 is 0 Å². The molecule has 0 radical (unpaired) electrons. The van der Waals surface area contributed by atoms with Crippen molar-refractivity contribution in [3.8, 4) is 0 Å². The molecule has 128 valence electrons. The van der Waals surface area contributed by atoms with Gasteiger partial charge in [-0.15, -0.1) is 0 Å². The second-order valence-electron chi connectivity index (χ2n) is 6.40. The summed E-state index contributed by atoms with van der Waals surface area (Å²) < 4.78 is 5.14. The van der Waals surface area contributed by atoms with E-state index in [1.165, 1.54) is 0 Å². The Labute approximate surface area is 142 Å². The number of nitrogens with one attached hydrogen (secondary N) is 1. The van der Waals surface area contributed by atoms with Crippen LogP contribution in [0.25, 0.3) is 0 Å². The number of halogens is 1. The van der Waals surface area contributed by atoms with E-state index in [0.29, 0.717) is 11.4 Å². The van der Waals surface area contributed by atoms with Crippen LogP contribution >= 0.6 is 11.6 Å². The van der Waals surface area contributed by atoms with Crippen LogP contribution in [0.2, 0.25) is 5.02 Å². The van der Waals surface area contributed by atoms with Gasteiger partial charge in [-0.1, -0.05) is 30.7 Å². The molecule has 0 heterocycles. The number of hydrogen-bond donors (Lipinski definition) is 2. The fourth-order valence-corrected chi connectivity index (χ4v) is 2.60. The molecule has 1 rings (SSSR count). The van der Waals surface area contributed by atoms with Gasteiger partial charge < -0.3 is 15.2 Å². The number of benzene rings is 1. The zero-order valence-corrected chi connectivity index (χ0v) is 14.7. The number of alkyl carbamates (subject to hydrolysis) is 1. The number of ether oxygens (including phenoxy) is 1. The maximum atomic E-state index is 11.7. The second kappa shape index (κ2) is 8.20. The van der Waals surface area contributed by atoms with Gasteiger partial charge in [-0.2, -0.15) is 0 Å². The Bertz CT molecular complexity index is 554. The van der Waals surface area contributed by atoms with E-state index in [2.05, 4.69) is 5.32 Å². The lowest BCUT2D eigenvalue weighted by Gasteiger charge is -2.25. The van der Waals surface area contributed by atoms with Gasteiger partial charge in [-0.05, 0) is 50.8 Å². The van der Waals surface area contributed by atoms with Crippen LogP contribution < -0.4 is 5.32 Å². The van der Waals surface area contributed by atoms with E-state index in [9.17, 15) is 14.7 Å². The van der Waals surface area contributed by atoms with Crippen LogP contribution in [0.3, 0.4) is 0 Å². The molecule has 1 aromatic rings. The third kappa shape index (κ3) is 6.48. The Hall–Kier alpha value is -1.75. The normalized spacial score (nSPS) is 14.0. The molecule has 0 saturated carbocycles. The maximum absolute atomic E-state index is 11.7. The summed E-state index contributed by atoms with van der Waals surface area (Å²) in [5.74, 6) is -1.97. The first-order valence-corrected chi connectivity index (χ1v) is 7.97. The Morgan fingerprint density at radius 2 is 2.00 bits per heavy atom. The summed E-state index contributed by atoms with van der Waals surface area (Å²) in [6, 6.07) is 7.15. The Morgan fingerprint density at radius 1 is 1.35 bits per heavy atom. The lowest BCUT2D eigenvalue weighted by Crippen LogP contribution is -2.39. The van der Waals surface area contributed by atoms with Crippen molar-refractivity contribution in [2.75, 3.05) is 6.54 Å². The summed E-state index contributed by atoms with van der Waals surface area (Å²) in [6.07, 6.45) is -0.00229. The minimum Gasteiger partial charge on any atom is -0.481 e. The molecule has 0 aromatic heterocycles. The molecule has 0 bridgehead atoms. The lowest BCUT2D eigenvalue weighted by atomic mass is 9.84. The Kier molecular flexibility index (Phi) is 6.88. The van der Waals surface area contributed by atoms with E-state index in [1.54, 1.807) is 39.0 Å². The number of carbonyl (C=O) groups is 2. The van der Waals surface area contributed by atoms with E-state index < -0.39 is 23.6 Å². The van der Waals surface area contributed by atoms with Crippen LogP contribution in [0.4, 0.5) is 4.79 Å². The summed E-state index contributed by atoms with van der Waals surface area (Å²) in [4.78, 5) is 23.4. The SMILES string of the molecule is CCC(c1cccc(Cl)c1)C(CNC(=O)OC(C)(C)C)C(=O)O. The Morgan fingerprint density at radius 3 is 2.48 bits per heavy atom. The summed E-state index contributed by atoms with van der Waals surface area (Å²) in [5, 5.41) is 12.6. The van der Waals surface area contributed by atoms with Crippen molar-refractivity contribution < 1.29 is 19.4 Å². The van der Waals surface area contributed by atoms with Crippen molar-refractivity contribution in [2.45, 2.75) is 45.6 Å². The van der Waals surface area contributed by atoms with Crippen molar-refractivity contribution in [3.05, 3.63) is 34.9 Å². The molecule has 2 N–H and O–H groups in total. The van der Waals surface area contributed by atoms with Gasteiger partial charge >= 0.3 is 12.1 Å². The third-order valence-electron chi connectivity index (χ3n) is 3.38. The molecule has 1 aromatic carbocycles. The fraction of sp³-hybridized carbons (Fsp3) is 0.529. The lowest BCUT2D eigenvalue weighted by molar-refractivity contribution is -0.142. The van der Waals surface area contributed by atoms with Crippen molar-refractivity contribution in [3.63, 3.8) is 0 Å². The standard InChI is InChI=1S/C17H24ClNO4/c1-5-13(11-7-6-8-12(18)9-11)14(15(20)21)10-19-16(22)23-17(2,3)4/h6-9,13-14H,5,10H2,1-4H3,(H,19,22)(H,20,21). The van der Waals surface area contributed by atoms with Crippen molar-refractivity contribution >= 4 is 23.7 Å². The van der Waals surface area contributed by atoms with Crippen molar-refractivity contribution in [2.24, 2.45) is 5.92 Å². The highest BCUT2D eigenvalue weighted by molar-refractivity contribution is 6.30. The highest BCUT2D eigenvalue weighted by Gasteiger charge is 2.29. The predicted octanol–water partition coefficient (Wildman–Crippen LogP) is 4.06. The number of hydrogen-bond acceptors (Lipinski definition) is 3. The van der Waals surface area contributed by atoms with Crippen LogP contribution in [0.5, 0.6) is 0 Å². The number of amides is 1. The van der Waals surface area contributed by atoms with Crippen molar-refractivity contribution in [1.29, 1.82) is 0 Å². The second-order valence-corrected chi connectivity index (χ2v) is 6.83. The molecular formula is C17H24ClNO4. The summed E-state index contributed by atoms with van der Waals surface area (Å²) >= 11 is 5.99. The van der Waals surface area contributed by atoms with E-state index in [-0.39, 0.29) is 12.5 Å². The molecule has 6 heteroatoms. The van der Waals surface area contributed by atoms with Gasteiger partial charge in [0.05, 0.1) is 5.92 Å². The number of carboxylic acid groups (broad SMARTS) is 1. The fourth-order valence-electron chi connectivity index (χ4n) is 2.40. The number of aliphatic carboxylic acids is 1. The van der Waals surface area contributed by atoms with Gasteiger partial charge in [0, 0.05) is 11.6 Å². The maximum Gasteiger partial charge on any atom is 0.407 e. The van der Waals surface area contributed by atoms with Crippen molar-refractivity contribution in [1.82, 2.24) is 5.32 Å². The summed E-state index contributed by atoms with van der Waals surface area (Å²) in [5.41, 5.74) is 0.221. The Balaban J connectivity index is 2.84. The highest BCUT2D eigenvalue weighted by Crippen LogP contribution is 2.30. The monoisotopic (exact) mass is 341 g/mol. The summed E-state index contributed by atoms with van der Waals surface area (Å²) in [6.45, 7) is 7.16. The van der Waals surface area contributed by atoms with Gasteiger partial charge in [0.25, 0.3) is 0 Å². The zero-order chi connectivity index (χ0) is 17.6. The molecule has 2 unspecified atom stereocenters. The molecule has 0 aliphatic carbocycles. The molecule has 1 amide bonds. The third-order valence-corrected chi connectivity index (χ3v) is 3.62. The van der Waals surface area contributed by atoms with E-state index in [1.807, 2.05) is 13.0 Å². The van der Waals surface area contributed by atoms with Crippen LogP contribution in [-0.2, 0) is 9.53 Å². The summed E-state index contributed by atoms with van der Waals surface area (Å²) in [7, 11) is 0. The van der Waals surface area contributed by atoms with E-state index in [0.717, 1.165) is 5.56 Å². The molecule has 2 atom stereocenters. The molecular weight excluding hydrogens is 318 g/mol. The topological polar surface area (TPSA) is 75.6 Å². The molecule has 0 aliphatic heterocycles. The first-order valence-electron chi connectivity index (χ1n) is 7.59. The first kappa shape index (κ1) is 19.3. The number of rotatable bonds is 6. The minimum absolute atomic E-state index is 0.00470. The largest absolute Gasteiger partial charge is 0.481 e. The molecule has 0 aliphatic rings. The van der Waals surface area contributed by atoms with Gasteiger partial charge in [0.15, 0.2) is 0 Å². The molecule has 0 fully saturated rings. The smallest absolute Gasteiger partial charge is 0.407 e. The van der Waals surface area contributed by atoms with Crippen LogP contribution in [0.15, 0.2) is 24.3 Å².